The van der Waals surface area contributed by atoms with Gasteiger partial charge in [0.05, 0.1) is 0 Å². The predicted molar refractivity (Wildman–Crippen MR) is 67.4 cm³/mol. The zero-order valence-corrected chi connectivity index (χ0v) is 11.0. The van der Waals surface area contributed by atoms with Gasteiger partial charge in [-0.15, -0.1) is 0 Å². The number of hydrogen-bond donors (Lipinski definition) is 0. The molecule has 1 rings (SSSR count). The minimum Gasteiger partial charge on any atom is -0.346 e. The molecule has 0 bridgehead atoms. The van der Waals surface area contributed by atoms with Crippen molar-refractivity contribution in [1.82, 2.24) is 9.80 Å². The number of rotatable bonds is 5. The Kier molecular flexibility index (Phi) is 5.81. The van der Waals surface area contributed by atoms with Crippen LogP contribution in [0.2, 0.25) is 0 Å². The van der Waals surface area contributed by atoms with Gasteiger partial charge in [-0.2, -0.15) is 0 Å². The van der Waals surface area contributed by atoms with Gasteiger partial charge < -0.3 is 9.80 Å². The van der Waals surface area contributed by atoms with E-state index in [0.29, 0.717) is 11.8 Å². The second kappa shape index (κ2) is 6.89. The lowest BCUT2D eigenvalue weighted by Crippen LogP contribution is -2.34. The van der Waals surface area contributed by atoms with Gasteiger partial charge in [0, 0.05) is 20.0 Å². The summed E-state index contributed by atoms with van der Waals surface area (Å²) in [5.74, 6) is 0.954. The molecule has 1 aliphatic heterocycles. The van der Waals surface area contributed by atoms with Crippen molar-refractivity contribution in [3.8, 4) is 0 Å². The second-order valence-electron chi connectivity index (χ2n) is 5.12. The van der Waals surface area contributed by atoms with Crippen molar-refractivity contribution in [2.75, 3.05) is 33.7 Å². The van der Waals surface area contributed by atoms with Crippen molar-refractivity contribution in [3.63, 3.8) is 0 Å². The van der Waals surface area contributed by atoms with Gasteiger partial charge in [0.15, 0.2) is 0 Å². The topological polar surface area (TPSA) is 23.6 Å². The van der Waals surface area contributed by atoms with Crippen LogP contribution in [-0.4, -0.2) is 49.4 Å². The fourth-order valence-electron chi connectivity index (χ4n) is 2.19. The van der Waals surface area contributed by atoms with Crippen LogP contribution in [0.25, 0.3) is 0 Å². The number of likely N-dealkylation sites (tertiary alicyclic amines) is 1. The molecule has 1 heterocycles. The third kappa shape index (κ3) is 4.52. The zero-order valence-electron chi connectivity index (χ0n) is 11.0. The number of amides is 1. The molecule has 1 fully saturated rings. The highest BCUT2D eigenvalue weighted by Crippen LogP contribution is 2.20. The van der Waals surface area contributed by atoms with Crippen molar-refractivity contribution in [3.05, 3.63) is 0 Å². The summed E-state index contributed by atoms with van der Waals surface area (Å²) in [6.45, 7) is 5.38. The lowest BCUT2D eigenvalue weighted by Gasteiger charge is -2.29. The van der Waals surface area contributed by atoms with Crippen LogP contribution in [0.1, 0.15) is 39.0 Å². The SMILES string of the molecule is CCCCN(C)C(=O)CC1CCN(C)CC1. The number of hydrogen-bond acceptors (Lipinski definition) is 2. The molecule has 1 saturated heterocycles. The third-order valence-corrected chi connectivity index (χ3v) is 3.57. The lowest BCUT2D eigenvalue weighted by molar-refractivity contribution is -0.131. The maximum atomic E-state index is 11.9. The molecule has 3 heteroatoms. The Balaban J connectivity index is 2.22. The Hall–Kier alpha value is -0.570. The van der Waals surface area contributed by atoms with E-state index in [1.807, 2.05) is 11.9 Å². The van der Waals surface area contributed by atoms with Crippen LogP contribution in [-0.2, 0) is 4.79 Å². The van der Waals surface area contributed by atoms with E-state index in [2.05, 4.69) is 18.9 Å². The predicted octanol–water partition coefficient (Wildman–Crippen LogP) is 1.98. The Morgan fingerprint density at radius 2 is 2.00 bits per heavy atom. The first kappa shape index (κ1) is 13.5. The molecule has 1 amide bonds. The van der Waals surface area contributed by atoms with Gasteiger partial charge in [-0.25, -0.2) is 0 Å². The first-order valence-corrected chi connectivity index (χ1v) is 6.56. The van der Waals surface area contributed by atoms with Gasteiger partial charge in [-0.1, -0.05) is 13.3 Å². The average Bonchev–Trinajstić information content (AvgIpc) is 2.29. The summed E-state index contributed by atoms with van der Waals surface area (Å²) in [5.41, 5.74) is 0. The van der Waals surface area contributed by atoms with Crippen molar-refractivity contribution in [2.24, 2.45) is 5.92 Å². The fraction of sp³-hybridized carbons (Fsp3) is 0.923. The van der Waals surface area contributed by atoms with E-state index in [-0.39, 0.29) is 0 Å². The van der Waals surface area contributed by atoms with E-state index in [1.54, 1.807) is 0 Å². The summed E-state index contributed by atoms with van der Waals surface area (Å²) < 4.78 is 0. The molecule has 16 heavy (non-hydrogen) atoms. The minimum atomic E-state index is 0.336. The summed E-state index contributed by atoms with van der Waals surface area (Å²) >= 11 is 0. The largest absolute Gasteiger partial charge is 0.346 e. The first-order chi connectivity index (χ1) is 7.63. The Bertz CT molecular complexity index is 210. The standard InChI is InChI=1S/C13H26N2O/c1-4-5-8-15(3)13(16)11-12-6-9-14(2)10-7-12/h12H,4-11H2,1-3H3. The summed E-state index contributed by atoms with van der Waals surface area (Å²) in [6.07, 6.45) is 5.41. The van der Waals surface area contributed by atoms with Gasteiger partial charge in [0.25, 0.3) is 0 Å². The van der Waals surface area contributed by atoms with Gasteiger partial charge in [0.1, 0.15) is 0 Å². The minimum absolute atomic E-state index is 0.336. The van der Waals surface area contributed by atoms with Crippen LogP contribution in [0, 0.1) is 5.92 Å². The van der Waals surface area contributed by atoms with E-state index in [4.69, 9.17) is 0 Å². The zero-order chi connectivity index (χ0) is 12.0. The maximum Gasteiger partial charge on any atom is 0.222 e. The number of carbonyl (C=O) groups excluding carboxylic acids is 1. The molecule has 0 aromatic carbocycles. The lowest BCUT2D eigenvalue weighted by atomic mass is 9.93. The van der Waals surface area contributed by atoms with Crippen molar-refractivity contribution in [1.29, 1.82) is 0 Å². The molecule has 0 unspecified atom stereocenters. The van der Waals surface area contributed by atoms with Gasteiger partial charge >= 0.3 is 0 Å². The highest BCUT2D eigenvalue weighted by Gasteiger charge is 2.20. The van der Waals surface area contributed by atoms with Crippen LogP contribution in [0.15, 0.2) is 0 Å². The number of nitrogens with zero attached hydrogens (tertiary/aromatic N) is 2. The van der Waals surface area contributed by atoms with E-state index in [9.17, 15) is 4.79 Å². The fourth-order valence-corrected chi connectivity index (χ4v) is 2.19. The Morgan fingerprint density at radius 3 is 2.56 bits per heavy atom. The normalized spacial score (nSPS) is 18.7. The van der Waals surface area contributed by atoms with Crippen molar-refractivity contribution < 1.29 is 4.79 Å². The third-order valence-electron chi connectivity index (χ3n) is 3.57. The summed E-state index contributed by atoms with van der Waals surface area (Å²) in [7, 11) is 4.10. The van der Waals surface area contributed by atoms with Crippen LogP contribution in [0.5, 0.6) is 0 Å². The highest BCUT2D eigenvalue weighted by molar-refractivity contribution is 5.76. The average molecular weight is 226 g/mol. The van der Waals surface area contributed by atoms with Gasteiger partial charge in [0.2, 0.25) is 5.91 Å². The Morgan fingerprint density at radius 1 is 1.38 bits per heavy atom. The van der Waals surface area contributed by atoms with E-state index in [1.165, 1.54) is 12.8 Å². The molecule has 0 spiro atoms. The molecule has 3 nitrogen and oxygen atoms in total. The Labute approximate surface area is 99.8 Å². The van der Waals surface area contributed by atoms with Crippen LogP contribution in [0.4, 0.5) is 0 Å². The summed E-state index contributed by atoms with van der Waals surface area (Å²) in [6, 6.07) is 0. The van der Waals surface area contributed by atoms with Crippen LogP contribution >= 0.6 is 0 Å². The highest BCUT2D eigenvalue weighted by atomic mass is 16.2. The molecule has 0 aromatic rings. The molecular formula is C13H26N2O. The van der Waals surface area contributed by atoms with Gasteiger partial charge in [-0.05, 0) is 45.3 Å². The molecule has 94 valence electrons. The van der Waals surface area contributed by atoms with E-state index < -0.39 is 0 Å². The first-order valence-electron chi connectivity index (χ1n) is 6.56. The van der Waals surface area contributed by atoms with Crippen molar-refractivity contribution >= 4 is 5.91 Å². The monoisotopic (exact) mass is 226 g/mol. The molecular weight excluding hydrogens is 200 g/mol. The molecule has 0 saturated carbocycles. The number of carbonyl (C=O) groups is 1. The molecule has 0 radical (unpaired) electrons. The molecule has 1 aliphatic rings. The van der Waals surface area contributed by atoms with Crippen LogP contribution < -0.4 is 0 Å². The number of unbranched alkanes of at least 4 members (excludes halogenated alkanes) is 1. The summed E-state index contributed by atoms with van der Waals surface area (Å²) in [4.78, 5) is 16.2. The number of piperidine rings is 1. The molecule has 0 atom stereocenters. The van der Waals surface area contributed by atoms with Gasteiger partial charge in [-0.3, -0.25) is 4.79 Å². The molecule has 0 N–H and O–H groups in total. The van der Waals surface area contributed by atoms with E-state index in [0.717, 1.165) is 38.9 Å². The second-order valence-corrected chi connectivity index (χ2v) is 5.12. The quantitative estimate of drug-likeness (QED) is 0.715. The van der Waals surface area contributed by atoms with Crippen LogP contribution in [0.3, 0.4) is 0 Å². The molecule has 0 aliphatic carbocycles. The van der Waals surface area contributed by atoms with E-state index >= 15 is 0 Å². The molecule has 0 aromatic heterocycles. The smallest absolute Gasteiger partial charge is 0.222 e. The maximum absolute atomic E-state index is 11.9. The summed E-state index contributed by atoms with van der Waals surface area (Å²) in [5, 5.41) is 0. The van der Waals surface area contributed by atoms with Crippen molar-refractivity contribution in [2.45, 2.75) is 39.0 Å².